The lowest BCUT2D eigenvalue weighted by molar-refractivity contribution is 0.793. The quantitative estimate of drug-likeness (QED) is 0.293. The van der Waals surface area contributed by atoms with Crippen LogP contribution in [0.15, 0.2) is 115 Å². The maximum Gasteiger partial charge on any atom is 0.0726 e. The lowest BCUT2D eigenvalue weighted by Crippen LogP contribution is -2.26. The van der Waals surface area contributed by atoms with Gasteiger partial charge in [-0.3, -0.25) is 0 Å². The zero-order valence-electron chi connectivity index (χ0n) is 18.3. The van der Waals surface area contributed by atoms with Gasteiger partial charge in [-0.2, -0.15) is 0 Å². The number of hydrogen-bond acceptors (Lipinski definition) is 1. The van der Waals surface area contributed by atoms with E-state index in [9.17, 15) is 0 Å². The van der Waals surface area contributed by atoms with Gasteiger partial charge in [0.1, 0.15) is 0 Å². The Morgan fingerprint density at radius 3 is 1.55 bits per heavy atom. The highest BCUT2D eigenvalue weighted by Crippen LogP contribution is 2.63. The molecule has 5 aromatic carbocycles. The number of anilines is 1. The van der Waals surface area contributed by atoms with Crippen LogP contribution in [0.2, 0.25) is 0 Å². The summed E-state index contributed by atoms with van der Waals surface area (Å²) in [6.07, 6.45) is 0.836. The average Bonchev–Trinajstić information content (AvgIpc) is 3.32. The molecule has 33 heavy (non-hydrogen) atoms. The molecule has 0 heterocycles. The normalized spacial score (nSPS) is 13.9. The maximum absolute atomic E-state index is 6.77. The SMILES string of the molecule is Nc1cc2c(cc1Cc1ccccc1)-c1ccccc1C21c2ccccc2-c2ccccc21. The minimum absolute atomic E-state index is 0.321. The number of rotatable bonds is 2. The highest BCUT2D eigenvalue weighted by atomic mass is 14.6. The molecular weight excluding hydrogens is 398 g/mol. The number of benzene rings is 5. The summed E-state index contributed by atoms with van der Waals surface area (Å²) < 4.78 is 0. The van der Waals surface area contributed by atoms with Crippen molar-refractivity contribution in [2.75, 3.05) is 5.73 Å². The van der Waals surface area contributed by atoms with Gasteiger partial charge in [-0.15, -0.1) is 0 Å². The summed E-state index contributed by atoms with van der Waals surface area (Å²) in [6, 6.07) is 41.8. The van der Waals surface area contributed by atoms with Gasteiger partial charge >= 0.3 is 0 Å². The fourth-order valence-electron chi connectivity index (χ4n) is 6.17. The molecule has 2 aliphatic rings. The smallest absolute Gasteiger partial charge is 0.0726 e. The number of nitrogen functional groups attached to an aromatic ring is 1. The van der Waals surface area contributed by atoms with E-state index in [4.69, 9.17) is 5.73 Å². The lowest BCUT2D eigenvalue weighted by atomic mass is 9.70. The first-order valence-electron chi connectivity index (χ1n) is 11.5. The molecule has 0 radical (unpaired) electrons. The Hall–Kier alpha value is -4.10. The molecule has 0 atom stereocenters. The van der Waals surface area contributed by atoms with Crippen molar-refractivity contribution in [2.24, 2.45) is 0 Å². The van der Waals surface area contributed by atoms with E-state index in [0.717, 1.165) is 12.1 Å². The Morgan fingerprint density at radius 1 is 0.485 bits per heavy atom. The van der Waals surface area contributed by atoms with Gasteiger partial charge in [0.25, 0.3) is 0 Å². The summed E-state index contributed by atoms with van der Waals surface area (Å²) in [5.41, 5.74) is 20.4. The minimum atomic E-state index is -0.321. The lowest BCUT2D eigenvalue weighted by Gasteiger charge is -2.30. The summed E-state index contributed by atoms with van der Waals surface area (Å²) >= 11 is 0. The van der Waals surface area contributed by atoms with E-state index in [2.05, 4.69) is 115 Å². The van der Waals surface area contributed by atoms with Crippen LogP contribution in [0.5, 0.6) is 0 Å². The molecule has 1 nitrogen and oxygen atoms in total. The predicted octanol–water partition coefficient (Wildman–Crippen LogP) is 7.20. The van der Waals surface area contributed by atoms with Crippen LogP contribution in [0.3, 0.4) is 0 Å². The third-order valence-electron chi connectivity index (χ3n) is 7.49. The van der Waals surface area contributed by atoms with E-state index in [-0.39, 0.29) is 5.41 Å². The zero-order chi connectivity index (χ0) is 22.0. The summed E-state index contributed by atoms with van der Waals surface area (Å²) in [5, 5.41) is 0. The Morgan fingerprint density at radius 2 is 0.970 bits per heavy atom. The molecule has 7 rings (SSSR count). The second kappa shape index (κ2) is 6.70. The van der Waals surface area contributed by atoms with Crippen LogP contribution >= 0.6 is 0 Å². The van der Waals surface area contributed by atoms with E-state index in [1.165, 1.54) is 55.6 Å². The van der Waals surface area contributed by atoms with Crippen LogP contribution in [0, 0.1) is 0 Å². The maximum atomic E-state index is 6.77. The summed E-state index contributed by atoms with van der Waals surface area (Å²) in [6.45, 7) is 0. The first-order chi connectivity index (χ1) is 16.3. The van der Waals surface area contributed by atoms with Gasteiger partial charge in [0.15, 0.2) is 0 Å². The van der Waals surface area contributed by atoms with Gasteiger partial charge in [0.05, 0.1) is 5.41 Å². The number of nitrogens with two attached hydrogens (primary N) is 1. The third-order valence-corrected chi connectivity index (χ3v) is 7.49. The Bertz CT molecular complexity index is 1500. The number of fused-ring (bicyclic) bond motifs is 10. The van der Waals surface area contributed by atoms with Crippen LogP contribution in [-0.4, -0.2) is 0 Å². The van der Waals surface area contributed by atoms with Gasteiger partial charge in [-0.05, 0) is 74.2 Å². The van der Waals surface area contributed by atoms with Crippen molar-refractivity contribution >= 4 is 5.69 Å². The highest BCUT2D eigenvalue weighted by Gasteiger charge is 2.51. The van der Waals surface area contributed by atoms with Crippen LogP contribution in [-0.2, 0) is 11.8 Å². The van der Waals surface area contributed by atoms with E-state index in [0.29, 0.717) is 0 Å². The van der Waals surface area contributed by atoms with E-state index < -0.39 is 0 Å². The Kier molecular flexibility index (Phi) is 3.75. The minimum Gasteiger partial charge on any atom is -0.398 e. The topological polar surface area (TPSA) is 26.0 Å². The second-order valence-electron chi connectivity index (χ2n) is 9.15. The zero-order valence-corrected chi connectivity index (χ0v) is 18.3. The van der Waals surface area contributed by atoms with E-state index >= 15 is 0 Å². The Labute approximate surface area is 194 Å². The van der Waals surface area contributed by atoms with Crippen molar-refractivity contribution in [3.8, 4) is 22.3 Å². The predicted molar refractivity (Wildman–Crippen MR) is 136 cm³/mol. The van der Waals surface area contributed by atoms with Gasteiger partial charge in [-0.25, -0.2) is 0 Å². The molecule has 1 heteroatoms. The molecule has 1 spiro atoms. The fraction of sp³-hybridized carbons (Fsp3) is 0.0625. The van der Waals surface area contributed by atoms with Crippen LogP contribution in [0.1, 0.15) is 33.4 Å². The molecule has 0 saturated heterocycles. The summed E-state index contributed by atoms with van der Waals surface area (Å²) in [5.74, 6) is 0. The second-order valence-corrected chi connectivity index (χ2v) is 9.15. The van der Waals surface area contributed by atoms with Crippen molar-refractivity contribution in [1.29, 1.82) is 0 Å². The van der Waals surface area contributed by atoms with Crippen LogP contribution < -0.4 is 5.73 Å². The molecule has 0 aromatic heterocycles. The van der Waals surface area contributed by atoms with Gasteiger partial charge in [0.2, 0.25) is 0 Å². The molecule has 0 aliphatic heterocycles. The first kappa shape index (κ1) is 18.5. The van der Waals surface area contributed by atoms with Gasteiger partial charge in [0, 0.05) is 5.69 Å². The van der Waals surface area contributed by atoms with Crippen molar-refractivity contribution in [2.45, 2.75) is 11.8 Å². The highest BCUT2D eigenvalue weighted by molar-refractivity contribution is 5.95. The molecule has 2 N–H and O–H groups in total. The summed E-state index contributed by atoms with van der Waals surface area (Å²) in [4.78, 5) is 0. The van der Waals surface area contributed by atoms with Gasteiger partial charge in [-0.1, -0.05) is 103 Å². The number of hydrogen-bond donors (Lipinski definition) is 1. The van der Waals surface area contributed by atoms with Crippen LogP contribution in [0.4, 0.5) is 5.69 Å². The van der Waals surface area contributed by atoms with Crippen molar-refractivity contribution in [1.82, 2.24) is 0 Å². The standard InChI is InChI=1S/C32H23N/c33-31-20-30-26(19-22(31)18-21-10-2-1-3-11-21)25-14-6-9-17-29(25)32(30)27-15-7-4-12-23(27)24-13-5-8-16-28(24)32/h1-17,19-20H,18,33H2. The molecule has 0 saturated carbocycles. The molecular formula is C32H23N. The Balaban J connectivity index is 1.55. The van der Waals surface area contributed by atoms with Crippen molar-refractivity contribution in [3.63, 3.8) is 0 Å². The third kappa shape index (κ3) is 2.37. The summed E-state index contributed by atoms with van der Waals surface area (Å²) in [7, 11) is 0. The van der Waals surface area contributed by atoms with E-state index in [1.807, 2.05) is 0 Å². The van der Waals surface area contributed by atoms with Crippen LogP contribution in [0.25, 0.3) is 22.3 Å². The largest absolute Gasteiger partial charge is 0.398 e. The fourth-order valence-corrected chi connectivity index (χ4v) is 6.17. The van der Waals surface area contributed by atoms with E-state index in [1.54, 1.807) is 0 Å². The van der Waals surface area contributed by atoms with Crippen molar-refractivity contribution in [3.05, 3.63) is 149 Å². The molecule has 0 bridgehead atoms. The first-order valence-corrected chi connectivity index (χ1v) is 11.5. The molecule has 2 aliphatic carbocycles. The monoisotopic (exact) mass is 421 g/mol. The molecule has 5 aromatic rings. The molecule has 156 valence electrons. The average molecular weight is 422 g/mol. The molecule has 0 unspecified atom stereocenters. The van der Waals surface area contributed by atoms with Crippen molar-refractivity contribution < 1.29 is 0 Å². The molecule has 0 amide bonds. The molecule has 0 fully saturated rings. The van der Waals surface area contributed by atoms with Gasteiger partial charge < -0.3 is 5.73 Å².